The third kappa shape index (κ3) is 3.20. The van der Waals surface area contributed by atoms with Gasteiger partial charge in [-0.2, -0.15) is 0 Å². The van der Waals surface area contributed by atoms with Crippen LogP contribution in [0.5, 0.6) is 5.75 Å². The summed E-state index contributed by atoms with van der Waals surface area (Å²) in [6.45, 7) is 3.30. The van der Waals surface area contributed by atoms with Crippen LogP contribution in [0.25, 0.3) is 11.1 Å². The maximum Gasteiger partial charge on any atom is 0.269 e. The number of hydrogen-bond donors (Lipinski definition) is 0. The Kier molecular flexibility index (Phi) is 3.35. The minimum atomic E-state index is -0.402. The molecule has 21 heavy (non-hydrogen) atoms. The predicted octanol–water partition coefficient (Wildman–Crippen LogP) is 3.43. The van der Waals surface area contributed by atoms with Crippen LogP contribution in [0, 0.1) is 10.1 Å². The summed E-state index contributed by atoms with van der Waals surface area (Å²) in [6, 6.07) is 14.2. The van der Waals surface area contributed by atoms with Crippen molar-refractivity contribution < 1.29 is 14.4 Å². The van der Waals surface area contributed by atoms with Crippen molar-refractivity contribution in [3.8, 4) is 16.9 Å². The Balaban J connectivity index is 1.69. The SMILES string of the molecule is CC1(COc2ccc(-c3ccc([N+](=O)[O-])cc3)cc2)CO1. The van der Waals surface area contributed by atoms with Crippen LogP contribution in [-0.2, 0) is 4.74 Å². The summed E-state index contributed by atoms with van der Waals surface area (Å²) >= 11 is 0. The second-order valence-electron chi connectivity index (χ2n) is 5.36. The summed E-state index contributed by atoms with van der Waals surface area (Å²) in [5, 5.41) is 10.6. The second-order valence-corrected chi connectivity index (χ2v) is 5.36. The van der Waals surface area contributed by atoms with E-state index in [9.17, 15) is 10.1 Å². The Morgan fingerprint density at radius 3 is 2.14 bits per heavy atom. The van der Waals surface area contributed by atoms with Crippen molar-refractivity contribution in [1.82, 2.24) is 0 Å². The van der Waals surface area contributed by atoms with Gasteiger partial charge in [-0.15, -0.1) is 0 Å². The van der Waals surface area contributed by atoms with E-state index in [4.69, 9.17) is 9.47 Å². The molecule has 5 nitrogen and oxygen atoms in total. The Hall–Kier alpha value is -2.40. The number of nitro groups is 1. The van der Waals surface area contributed by atoms with E-state index < -0.39 is 4.92 Å². The fourth-order valence-corrected chi connectivity index (χ4v) is 1.96. The highest BCUT2D eigenvalue weighted by Gasteiger charge is 2.40. The lowest BCUT2D eigenvalue weighted by atomic mass is 10.1. The standard InChI is InChI=1S/C16H15NO4/c1-16(11-21-16)10-20-15-8-4-13(5-9-15)12-2-6-14(7-3-12)17(18)19/h2-9H,10-11H2,1H3. The van der Waals surface area contributed by atoms with Crippen LogP contribution in [0.3, 0.4) is 0 Å². The fourth-order valence-electron chi connectivity index (χ4n) is 1.96. The number of benzene rings is 2. The van der Waals surface area contributed by atoms with Crippen LogP contribution in [0.2, 0.25) is 0 Å². The van der Waals surface area contributed by atoms with Gasteiger partial charge >= 0.3 is 0 Å². The van der Waals surface area contributed by atoms with Gasteiger partial charge in [0.25, 0.3) is 5.69 Å². The molecule has 1 aliphatic heterocycles. The first kappa shape index (κ1) is 13.6. The molecule has 0 saturated carbocycles. The van der Waals surface area contributed by atoms with E-state index in [2.05, 4.69) is 0 Å². The van der Waals surface area contributed by atoms with E-state index in [0.717, 1.165) is 23.5 Å². The van der Waals surface area contributed by atoms with Gasteiger partial charge in [0, 0.05) is 12.1 Å². The van der Waals surface area contributed by atoms with E-state index in [1.807, 2.05) is 31.2 Å². The molecule has 0 radical (unpaired) electrons. The number of epoxide rings is 1. The number of rotatable bonds is 5. The summed E-state index contributed by atoms with van der Waals surface area (Å²) in [5.41, 5.74) is 1.89. The molecular formula is C16H15NO4. The monoisotopic (exact) mass is 285 g/mol. The van der Waals surface area contributed by atoms with Gasteiger partial charge in [0.15, 0.2) is 0 Å². The first-order chi connectivity index (χ1) is 10.1. The molecule has 2 aromatic rings. The summed E-state index contributed by atoms with van der Waals surface area (Å²) in [7, 11) is 0. The molecule has 1 heterocycles. The van der Waals surface area contributed by atoms with Crippen molar-refractivity contribution in [1.29, 1.82) is 0 Å². The number of nitrogens with zero attached hydrogens (tertiary/aromatic N) is 1. The molecule has 3 rings (SSSR count). The zero-order chi connectivity index (χ0) is 14.9. The lowest BCUT2D eigenvalue weighted by molar-refractivity contribution is -0.384. The molecular weight excluding hydrogens is 270 g/mol. The minimum absolute atomic E-state index is 0.0939. The maximum absolute atomic E-state index is 10.6. The summed E-state index contributed by atoms with van der Waals surface area (Å²) in [4.78, 5) is 10.2. The van der Waals surface area contributed by atoms with E-state index in [1.54, 1.807) is 12.1 Å². The Bertz CT molecular complexity index is 645. The number of ether oxygens (including phenoxy) is 2. The number of non-ortho nitro benzene ring substituents is 1. The van der Waals surface area contributed by atoms with Crippen LogP contribution in [0.1, 0.15) is 6.92 Å². The highest BCUT2D eigenvalue weighted by atomic mass is 16.6. The van der Waals surface area contributed by atoms with Crippen LogP contribution in [0.15, 0.2) is 48.5 Å². The van der Waals surface area contributed by atoms with Crippen molar-refractivity contribution in [2.75, 3.05) is 13.2 Å². The molecule has 1 atom stereocenters. The maximum atomic E-state index is 10.6. The molecule has 0 aromatic heterocycles. The van der Waals surface area contributed by atoms with E-state index in [-0.39, 0.29) is 11.3 Å². The Labute approximate surface area is 122 Å². The van der Waals surface area contributed by atoms with Gasteiger partial charge in [0.2, 0.25) is 0 Å². The summed E-state index contributed by atoms with van der Waals surface area (Å²) in [6.07, 6.45) is 0. The first-order valence-corrected chi connectivity index (χ1v) is 6.67. The van der Waals surface area contributed by atoms with Gasteiger partial charge in [0.1, 0.15) is 18.0 Å². The molecule has 1 fully saturated rings. The molecule has 0 aliphatic carbocycles. The molecule has 1 unspecified atom stereocenters. The Morgan fingerprint density at radius 1 is 1.14 bits per heavy atom. The Morgan fingerprint density at radius 2 is 1.67 bits per heavy atom. The topological polar surface area (TPSA) is 64.9 Å². The quantitative estimate of drug-likeness (QED) is 0.479. The van der Waals surface area contributed by atoms with Gasteiger partial charge in [-0.3, -0.25) is 10.1 Å². The van der Waals surface area contributed by atoms with Crippen LogP contribution in [0.4, 0.5) is 5.69 Å². The van der Waals surface area contributed by atoms with E-state index in [0.29, 0.717) is 6.61 Å². The normalized spacial score (nSPS) is 20.0. The molecule has 0 spiro atoms. The lowest BCUT2D eigenvalue weighted by Crippen LogP contribution is -2.16. The zero-order valence-corrected chi connectivity index (χ0v) is 11.6. The largest absolute Gasteiger partial charge is 0.491 e. The van der Waals surface area contributed by atoms with Crippen molar-refractivity contribution in [2.24, 2.45) is 0 Å². The lowest BCUT2D eigenvalue weighted by Gasteiger charge is -2.09. The molecule has 0 bridgehead atoms. The van der Waals surface area contributed by atoms with E-state index >= 15 is 0 Å². The third-order valence-corrected chi connectivity index (χ3v) is 3.45. The van der Waals surface area contributed by atoms with Crippen molar-refractivity contribution in [3.63, 3.8) is 0 Å². The molecule has 0 N–H and O–H groups in total. The molecule has 5 heteroatoms. The highest BCUT2D eigenvalue weighted by Crippen LogP contribution is 2.28. The third-order valence-electron chi connectivity index (χ3n) is 3.45. The van der Waals surface area contributed by atoms with Crippen molar-refractivity contribution in [3.05, 3.63) is 58.6 Å². The van der Waals surface area contributed by atoms with Gasteiger partial charge in [0.05, 0.1) is 11.5 Å². The highest BCUT2D eigenvalue weighted by molar-refractivity contribution is 5.65. The average molecular weight is 285 g/mol. The van der Waals surface area contributed by atoms with Crippen LogP contribution >= 0.6 is 0 Å². The molecule has 1 aliphatic rings. The van der Waals surface area contributed by atoms with Gasteiger partial charge in [-0.05, 0) is 42.3 Å². The van der Waals surface area contributed by atoms with Gasteiger partial charge in [-0.25, -0.2) is 0 Å². The number of hydrogen-bond acceptors (Lipinski definition) is 4. The van der Waals surface area contributed by atoms with Gasteiger partial charge in [-0.1, -0.05) is 12.1 Å². The predicted molar refractivity (Wildman–Crippen MR) is 78.4 cm³/mol. The zero-order valence-electron chi connectivity index (χ0n) is 11.6. The first-order valence-electron chi connectivity index (χ1n) is 6.67. The molecule has 1 saturated heterocycles. The summed E-state index contributed by atoms with van der Waals surface area (Å²) in [5.74, 6) is 0.789. The fraction of sp³-hybridized carbons (Fsp3) is 0.250. The van der Waals surface area contributed by atoms with Crippen LogP contribution in [-0.4, -0.2) is 23.7 Å². The number of nitro benzene ring substituents is 1. The van der Waals surface area contributed by atoms with Gasteiger partial charge < -0.3 is 9.47 Å². The second kappa shape index (κ2) is 5.18. The van der Waals surface area contributed by atoms with Crippen LogP contribution < -0.4 is 4.74 Å². The van der Waals surface area contributed by atoms with Crippen molar-refractivity contribution >= 4 is 5.69 Å². The molecule has 2 aromatic carbocycles. The minimum Gasteiger partial charge on any atom is -0.491 e. The average Bonchev–Trinajstić information content (AvgIpc) is 3.24. The molecule has 0 amide bonds. The van der Waals surface area contributed by atoms with Crippen molar-refractivity contribution in [2.45, 2.75) is 12.5 Å². The smallest absolute Gasteiger partial charge is 0.269 e. The summed E-state index contributed by atoms with van der Waals surface area (Å²) < 4.78 is 10.9. The van der Waals surface area contributed by atoms with E-state index in [1.165, 1.54) is 12.1 Å². The molecule has 108 valence electrons.